The molecule has 0 aliphatic heterocycles. The highest BCUT2D eigenvalue weighted by Crippen LogP contribution is 2.26. The van der Waals surface area contributed by atoms with Crippen molar-refractivity contribution >= 4 is 33.7 Å². The Morgan fingerprint density at radius 3 is 2.75 bits per heavy atom. The van der Waals surface area contributed by atoms with Crippen LogP contribution in [-0.2, 0) is 16.6 Å². The number of benzene rings is 1. The minimum absolute atomic E-state index is 0.217. The van der Waals surface area contributed by atoms with Gasteiger partial charge in [0.1, 0.15) is 0 Å². The molecule has 2 rings (SSSR count). The van der Waals surface area contributed by atoms with Crippen molar-refractivity contribution in [2.45, 2.75) is 12.1 Å². The zero-order valence-corrected chi connectivity index (χ0v) is 13.7. The summed E-state index contributed by atoms with van der Waals surface area (Å²) in [5.74, 6) is 0.0593. The number of nitrogens with zero attached hydrogens (tertiary/aromatic N) is 2. The second kappa shape index (κ2) is 6.95. The zero-order chi connectivity index (χ0) is 14.5. The molecule has 0 N–H and O–H groups in total. The molecular weight excluding hydrogens is 340 g/mol. The monoisotopic (exact) mass is 354 g/mol. The number of esters is 1. The molecule has 20 heavy (non-hydrogen) atoms. The Bertz CT molecular complexity index is 596. The fourth-order valence-electron chi connectivity index (χ4n) is 1.74. The number of hydrogen-bond acceptors (Lipinski definition) is 4. The Kier molecular flexibility index (Phi) is 5.25. The molecular formula is C14H15BrN2O2S. The van der Waals surface area contributed by atoms with E-state index in [0.29, 0.717) is 6.61 Å². The van der Waals surface area contributed by atoms with E-state index in [1.165, 1.54) is 11.8 Å². The predicted octanol–water partition coefficient (Wildman–Crippen LogP) is 3.50. The third-order valence-electron chi connectivity index (χ3n) is 2.71. The van der Waals surface area contributed by atoms with E-state index in [9.17, 15) is 4.79 Å². The van der Waals surface area contributed by atoms with Crippen molar-refractivity contribution in [3.05, 3.63) is 34.9 Å². The van der Waals surface area contributed by atoms with Crippen molar-refractivity contribution in [1.82, 2.24) is 9.55 Å². The summed E-state index contributed by atoms with van der Waals surface area (Å²) in [6, 6.07) is 8.04. The first kappa shape index (κ1) is 15.1. The summed E-state index contributed by atoms with van der Waals surface area (Å²) in [6.45, 7) is 2.21. The molecule has 0 unspecified atom stereocenters. The van der Waals surface area contributed by atoms with E-state index in [4.69, 9.17) is 4.74 Å². The molecule has 106 valence electrons. The molecule has 2 aromatic rings. The fourth-order valence-corrected chi connectivity index (χ4v) is 2.76. The minimum atomic E-state index is -0.217. The van der Waals surface area contributed by atoms with Gasteiger partial charge in [0.2, 0.25) is 0 Å². The number of imidazole rings is 1. The minimum Gasteiger partial charge on any atom is -0.465 e. The fraction of sp³-hybridized carbons (Fsp3) is 0.286. The van der Waals surface area contributed by atoms with Gasteiger partial charge in [0.15, 0.2) is 5.16 Å². The van der Waals surface area contributed by atoms with Crippen LogP contribution in [0.15, 0.2) is 40.1 Å². The maximum atomic E-state index is 11.4. The molecule has 0 saturated carbocycles. The second-order valence-corrected chi connectivity index (χ2v) is 5.94. The Labute approximate surface area is 130 Å². The molecule has 0 spiro atoms. The number of carbonyl (C=O) groups excluding carboxylic acids is 1. The maximum Gasteiger partial charge on any atom is 0.316 e. The van der Waals surface area contributed by atoms with Crippen LogP contribution >= 0.6 is 27.7 Å². The Hall–Kier alpha value is -1.27. The van der Waals surface area contributed by atoms with Crippen molar-refractivity contribution in [2.75, 3.05) is 12.4 Å². The van der Waals surface area contributed by atoms with E-state index in [-0.39, 0.29) is 11.7 Å². The standard InChI is InChI=1S/C14H15BrN2O2S/c1-3-19-13(18)9-20-14-16-8-12(17(14)2)10-4-6-11(15)7-5-10/h4-8H,3,9H2,1-2H3. The van der Waals surface area contributed by atoms with Crippen LogP contribution in [0.5, 0.6) is 0 Å². The van der Waals surface area contributed by atoms with Gasteiger partial charge in [0.05, 0.1) is 24.3 Å². The average molecular weight is 355 g/mol. The van der Waals surface area contributed by atoms with Crippen LogP contribution in [0.25, 0.3) is 11.3 Å². The summed E-state index contributed by atoms with van der Waals surface area (Å²) < 4.78 is 7.93. The van der Waals surface area contributed by atoms with E-state index in [1.54, 1.807) is 6.92 Å². The van der Waals surface area contributed by atoms with Crippen LogP contribution in [0.2, 0.25) is 0 Å². The summed E-state index contributed by atoms with van der Waals surface area (Å²) >= 11 is 4.80. The molecule has 0 saturated heterocycles. The maximum absolute atomic E-state index is 11.4. The summed E-state index contributed by atoms with van der Waals surface area (Å²) in [7, 11) is 1.94. The zero-order valence-electron chi connectivity index (χ0n) is 11.3. The number of hydrogen-bond donors (Lipinski definition) is 0. The lowest BCUT2D eigenvalue weighted by molar-refractivity contribution is -0.139. The molecule has 0 aliphatic rings. The van der Waals surface area contributed by atoms with Crippen LogP contribution in [0.3, 0.4) is 0 Å². The molecule has 0 amide bonds. The van der Waals surface area contributed by atoms with Gasteiger partial charge in [-0.2, -0.15) is 0 Å². The third kappa shape index (κ3) is 3.64. The summed E-state index contributed by atoms with van der Waals surface area (Å²) in [5, 5.41) is 0.802. The number of carbonyl (C=O) groups is 1. The van der Waals surface area contributed by atoms with E-state index in [1.807, 2.05) is 42.1 Å². The van der Waals surface area contributed by atoms with Gasteiger partial charge in [-0.3, -0.25) is 4.79 Å². The smallest absolute Gasteiger partial charge is 0.316 e. The van der Waals surface area contributed by atoms with Crippen LogP contribution in [0, 0.1) is 0 Å². The van der Waals surface area contributed by atoms with Crippen LogP contribution in [0.4, 0.5) is 0 Å². The van der Waals surface area contributed by atoms with Crippen molar-refractivity contribution in [2.24, 2.45) is 7.05 Å². The number of aromatic nitrogens is 2. The summed E-state index contributed by atoms with van der Waals surface area (Å²) in [6.07, 6.45) is 1.82. The first-order valence-corrected chi connectivity index (χ1v) is 7.95. The molecule has 1 heterocycles. The molecule has 1 aromatic heterocycles. The van der Waals surface area contributed by atoms with E-state index in [2.05, 4.69) is 20.9 Å². The van der Waals surface area contributed by atoms with Crippen LogP contribution in [0.1, 0.15) is 6.92 Å². The SMILES string of the molecule is CCOC(=O)CSc1ncc(-c2ccc(Br)cc2)n1C. The highest BCUT2D eigenvalue weighted by Gasteiger charge is 2.11. The molecule has 0 aliphatic carbocycles. The van der Waals surface area contributed by atoms with Crippen molar-refractivity contribution in [3.8, 4) is 11.3 Å². The van der Waals surface area contributed by atoms with Crippen molar-refractivity contribution < 1.29 is 9.53 Å². The highest BCUT2D eigenvalue weighted by atomic mass is 79.9. The quantitative estimate of drug-likeness (QED) is 0.608. The van der Waals surface area contributed by atoms with Gasteiger partial charge in [-0.25, -0.2) is 4.98 Å². The van der Waals surface area contributed by atoms with Crippen LogP contribution < -0.4 is 0 Å². The topological polar surface area (TPSA) is 44.1 Å². The number of rotatable bonds is 5. The van der Waals surface area contributed by atoms with Gasteiger partial charge in [-0.15, -0.1) is 0 Å². The largest absolute Gasteiger partial charge is 0.465 e. The van der Waals surface area contributed by atoms with Gasteiger partial charge in [-0.1, -0.05) is 39.8 Å². The molecule has 0 bridgehead atoms. The number of thioether (sulfide) groups is 1. The van der Waals surface area contributed by atoms with Crippen molar-refractivity contribution in [1.29, 1.82) is 0 Å². The number of ether oxygens (including phenoxy) is 1. The first-order valence-electron chi connectivity index (χ1n) is 6.18. The molecule has 6 heteroatoms. The van der Waals surface area contributed by atoms with Gasteiger partial charge < -0.3 is 9.30 Å². The lowest BCUT2D eigenvalue weighted by Crippen LogP contribution is -2.07. The Morgan fingerprint density at radius 1 is 1.40 bits per heavy atom. The highest BCUT2D eigenvalue weighted by molar-refractivity contribution is 9.10. The number of halogens is 1. The molecule has 0 fully saturated rings. The third-order valence-corrected chi connectivity index (χ3v) is 4.26. The van der Waals surface area contributed by atoms with Crippen LogP contribution in [-0.4, -0.2) is 27.9 Å². The Morgan fingerprint density at radius 2 is 2.10 bits per heavy atom. The normalized spacial score (nSPS) is 10.6. The van der Waals surface area contributed by atoms with Crippen molar-refractivity contribution in [3.63, 3.8) is 0 Å². The van der Waals surface area contributed by atoms with E-state index >= 15 is 0 Å². The summed E-state index contributed by atoms with van der Waals surface area (Å²) in [4.78, 5) is 15.7. The van der Waals surface area contributed by atoms with Gasteiger partial charge in [0.25, 0.3) is 0 Å². The second-order valence-electron chi connectivity index (χ2n) is 4.09. The first-order chi connectivity index (χ1) is 9.61. The lowest BCUT2D eigenvalue weighted by atomic mass is 10.2. The predicted molar refractivity (Wildman–Crippen MR) is 83.7 cm³/mol. The van der Waals surface area contributed by atoms with Gasteiger partial charge >= 0.3 is 5.97 Å². The van der Waals surface area contributed by atoms with Gasteiger partial charge in [-0.05, 0) is 24.6 Å². The molecule has 4 nitrogen and oxygen atoms in total. The molecule has 0 radical (unpaired) electrons. The van der Waals surface area contributed by atoms with E-state index < -0.39 is 0 Å². The lowest BCUT2D eigenvalue weighted by Gasteiger charge is -2.06. The van der Waals surface area contributed by atoms with Gasteiger partial charge in [0, 0.05) is 11.5 Å². The molecule has 0 atom stereocenters. The summed E-state index contributed by atoms with van der Waals surface area (Å²) in [5.41, 5.74) is 2.11. The molecule has 1 aromatic carbocycles. The van der Waals surface area contributed by atoms with E-state index in [0.717, 1.165) is 20.9 Å². The Balaban J connectivity index is 2.11. The average Bonchev–Trinajstić information content (AvgIpc) is 2.79.